The van der Waals surface area contributed by atoms with Crippen LogP contribution in [0.1, 0.15) is 25.0 Å². The van der Waals surface area contributed by atoms with Crippen LogP contribution in [0, 0.1) is 17.0 Å². The lowest BCUT2D eigenvalue weighted by Crippen LogP contribution is -2.59. The highest BCUT2D eigenvalue weighted by Gasteiger charge is 2.41. The Bertz CT molecular complexity index is 1410. The van der Waals surface area contributed by atoms with Crippen LogP contribution in [0.15, 0.2) is 35.7 Å². The largest absolute Gasteiger partial charge is 0.417 e. The van der Waals surface area contributed by atoms with E-state index >= 15 is 4.39 Å². The van der Waals surface area contributed by atoms with Crippen LogP contribution in [0.25, 0.3) is 11.1 Å². The Balaban J connectivity index is 1.86. The van der Waals surface area contributed by atoms with Gasteiger partial charge in [-0.2, -0.15) is 13.2 Å². The number of fused-ring (bicyclic) bond motifs is 1. The van der Waals surface area contributed by atoms with Crippen molar-refractivity contribution < 1.29 is 36.2 Å². The lowest BCUT2D eigenvalue weighted by atomic mass is 9.93. The van der Waals surface area contributed by atoms with E-state index < -0.39 is 45.6 Å². The third-order valence-electron chi connectivity index (χ3n) is 7.38. The zero-order chi connectivity index (χ0) is 31.6. The maximum Gasteiger partial charge on any atom is 0.417 e. The second-order valence-electron chi connectivity index (χ2n) is 10.4. The minimum absolute atomic E-state index is 0.0451. The quantitative estimate of drug-likeness (QED) is 0.0878. The molecule has 234 valence electrons. The fraction of sp³-hybridized carbons (Fsp3) is 0.448. The van der Waals surface area contributed by atoms with E-state index in [4.69, 9.17) is 26.5 Å². The molecule has 0 aromatic heterocycles. The Labute approximate surface area is 255 Å². The first-order chi connectivity index (χ1) is 20.3. The van der Waals surface area contributed by atoms with Gasteiger partial charge in [-0.25, -0.2) is 8.78 Å². The Hall–Kier alpha value is -2.87. The fourth-order valence-corrected chi connectivity index (χ4v) is 6.63. The molecule has 2 aliphatic rings. The maximum atomic E-state index is 15.1. The van der Waals surface area contributed by atoms with Crippen molar-refractivity contribution in [2.24, 2.45) is 0 Å². The molecule has 0 spiro atoms. The highest BCUT2D eigenvalue weighted by atomic mass is 35.5. The van der Waals surface area contributed by atoms with Gasteiger partial charge in [0.2, 0.25) is 5.91 Å². The highest BCUT2D eigenvalue weighted by Crippen LogP contribution is 2.50. The number of anilines is 1. The SMILES string of the molecule is C=CC(=O)N1C[C@H](C)N(C(=N)c2cc(C(F)(F)F)c(-c3cc(Cl)c(F)cc3F)c3c2NC(COCCOC)CS3)C[C@H]1C. The summed E-state index contributed by atoms with van der Waals surface area (Å²) in [6.45, 7) is 8.37. The average molecular weight is 647 g/mol. The summed E-state index contributed by atoms with van der Waals surface area (Å²) in [6.07, 6.45) is -3.76. The fourth-order valence-electron chi connectivity index (χ4n) is 5.24. The number of piperazine rings is 1. The zero-order valence-electron chi connectivity index (χ0n) is 23.8. The van der Waals surface area contributed by atoms with Crippen LogP contribution < -0.4 is 5.32 Å². The number of carbonyl (C=O) groups is 1. The number of rotatable bonds is 8. The van der Waals surface area contributed by atoms with Crippen LogP contribution in [0.3, 0.4) is 0 Å². The zero-order valence-corrected chi connectivity index (χ0v) is 25.4. The number of halogens is 6. The number of nitrogens with one attached hydrogen (secondary N) is 2. The molecule has 1 unspecified atom stereocenters. The number of amidine groups is 1. The third-order valence-corrected chi connectivity index (χ3v) is 8.94. The molecule has 43 heavy (non-hydrogen) atoms. The second-order valence-corrected chi connectivity index (χ2v) is 11.8. The highest BCUT2D eigenvalue weighted by molar-refractivity contribution is 7.99. The van der Waals surface area contributed by atoms with Crippen molar-refractivity contribution in [3.8, 4) is 11.1 Å². The summed E-state index contributed by atoms with van der Waals surface area (Å²) in [7, 11) is 1.53. The van der Waals surface area contributed by atoms with E-state index in [1.807, 2.05) is 0 Å². The smallest absolute Gasteiger partial charge is 0.382 e. The summed E-state index contributed by atoms with van der Waals surface area (Å²) in [5.41, 5.74) is -2.02. The van der Waals surface area contributed by atoms with E-state index in [9.17, 15) is 22.4 Å². The number of ether oxygens (including phenoxy) is 2. The lowest BCUT2D eigenvalue weighted by Gasteiger charge is -2.45. The van der Waals surface area contributed by atoms with E-state index in [-0.39, 0.29) is 65.4 Å². The van der Waals surface area contributed by atoms with E-state index in [0.717, 1.165) is 23.9 Å². The minimum atomic E-state index is -4.96. The molecule has 2 aromatic carbocycles. The van der Waals surface area contributed by atoms with Crippen molar-refractivity contribution in [1.29, 1.82) is 5.41 Å². The topological polar surface area (TPSA) is 77.9 Å². The van der Waals surface area contributed by atoms with Gasteiger partial charge >= 0.3 is 6.18 Å². The van der Waals surface area contributed by atoms with Crippen LogP contribution >= 0.6 is 23.4 Å². The molecule has 2 N–H and O–H groups in total. The Morgan fingerprint density at radius 2 is 1.84 bits per heavy atom. The number of benzene rings is 2. The van der Waals surface area contributed by atoms with Crippen molar-refractivity contribution in [2.75, 3.05) is 51.1 Å². The molecule has 3 atom stereocenters. The van der Waals surface area contributed by atoms with Crippen LogP contribution in [-0.4, -0.2) is 85.4 Å². The van der Waals surface area contributed by atoms with Gasteiger partial charge in [0.05, 0.1) is 42.1 Å². The van der Waals surface area contributed by atoms with Crippen LogP contribution in [0.5, 0.6) is 0 Å². The summed E-state index contributed by atoms with van der Waals surface area (Å²) < 4.78 is 83.9. The van der Waals surface area contributed by atoms with Crippen molar-refractivity contribution >= 4 is 40.8 Å². The molecule has 1 amide bonds. The van der Waals surface area contributed by atoms with Gasteiger partial charge in [0.15, 0.2) is 0 Å². The van der Waals surface area contributed by atoms with Gasteiger partial charge in [0, 0.05) is 65.7 Å². The number of nitrogens with zero attached hydrogens (tertiary/aromatic N) is 2. The summed E-state index contributed by atoms with van der Waals surface area (Å²) in [6, 6.07) is 1.02. The van der Waals surface area contributed by atoms with Gasteiger partial charge in [-0.15, -0.1) is 11.8 Å². The van der Waals surface area contributed by atoms with Gasteiger partial charge in [-0.05, 0) is 32.1 Å². The maximum absolute atomic E-state index is 15.1. The predicted octanol–water partition coefficient (Wildman–Crippen LogP) is 6.29. The number of methoxy groups -OCH3 is 1. The van der Waals surface area contributed by atoms with Crippen molar-refractivity contribution in [1.82, 2.24) is 9.80 Å². The summed E-state index contributed by atoms with van der Waals surface area (Å²) in [5.74, 6) is -2.49. The van der Waals surface area contributed by atoms with E-state index in [0.29, 0.717) is 19.3 Å². The Morgan fingerprint density at radius 1 is 1.16 bits per heavy atom. The van der Waals surface area contributed by atoms with Gasteiger partial charge < -0.3 is 24.6 Å². The van der Waals surface area contributed by atoms with E-state index in [1.54, 1.807) is 23.6 Å². The summed E-state index contributed by atoms with van der Waals surface area (Å²) in [4.78, 5) is 15.6. The van der Waals surface area contributed by atoms with Crippen LogP contribution in [-0.2, 0) is 20.4 Å². The number of carbonyl (C=O) groups excluding carboxylic acids is 1. The molecule has 1 saturated heterocycles. The van der Waals surface area contributed by atoms with Gasteiger partial charge in [0.1, 0.15) is 17.5 Å². The molecule has 2 heterocycles. The first kappa shape index (κ1) is 33.0. The average Bonchev–Trinajstić information content (AvgIpc) is 2.96. The summed E-state index contributed by atoms with van der Waals surface area (Å²) >= 11 is 6.96. The minimum Gasteiger partial charge on any atom is -0.382 e. The number of hydrogen-bond acceptors (Lipinski definition) is 6. The number of hydrogen-bond donors (Lipinski definition) is 2. The van der Waals surface area contributed by atoms with Crippen molar-refractivity contribution in [3.63, 3.8) is 0 Å². The molecule has 2 aromatic rings. The van der Waals surface area contributed by atoms with Gasteiger partial charge in [-0.3, -0.25) is 10.2 Å². The van der Waals surface area contributed by atoms with Crippen LogP contribution in [0.2, 0.25) is 5.02 Å². The Morgan fingerprint density at radius 3 is 2.49 bits per heavy atom. The van der Waals surface area contributed by atoms with Gasteiger partial charge in [0.25, 0.3) is 0 Å². The molecule has 7 nitrogen and oxygen atoms in total. The molecule has 0 radical (unpaired) electrons. The third kappa shape index (κ3) is 6.95. The standard InChI is InChI=1S/C29H32ClF5N4O3S/c1-5-24(40)38-11-16(3)39(12-15(38)2)28(36)19-8-20(29(33,34)35)25(18-9-21(30)23(32)10-22(18)31)27-26(19)37-17(14-43-27)13-42-7-6-41-4/h5,8-10,15-17,36-37H,1,6-7,11-14H2,2-4H3/t15-,16+,17?/m1/s1. The van der Waals surface area contributed by atoms with Crippen molar-refractivity contribution in [2.45, 2.75) is 43.0 Å². The van der Waals surface area contributed by atoms with Crippen molar-refractivity contribution in [3.05, 3.63) is 58.6 Å². The molecular weight excluding hydrogens is 615 g/mol. The Kier molecular flexibility index (Phi) is 10.3. The lowest BCUT2D eigenvalue weighted by molar-refractivity contribution is -0.137. The molecule has 0 bridgehead atoms. The number of thioether (sulfide) groups is 1. The first-order valence-electron chi connectivity index (χ1n) is 13.5. The molecule has 0 aliphatic carbocycles. The molecule has 14 heteroatoms. The predicted molar refractivity (Wildman–Crippen MR) is 157 cm³/mol. The normalized spacial score (nSPS) is 20.4. The molecule has 0 saturated carbocycles. The number of alkyl halides is 3. The second kappa shape index (κ2) is 13.4. The van der Waals surface area contributed by atoms with Crippen LogP contribution in [0.4, 0.5) is 27.6 Å². The monoisotopic (exact) mass is 646 g/mol. The first-order valence-corrected chi connectivity index (χ1v) is 14.8. The molecular formula is C29H32ClF5N4O3S. The number of amides is 1. The van der Waals surface area contributed by atoms with Gasteiger partial charge in [-0.1, -0.05) is 18.2 Å². The van der Waals surface area contributed by atoms with E-state index in [1.165, 1.54) is 13.2 Å². The molecule has 2 aliphatic heterocycles. The van der Waals surface area contributed by atoms with E-state index in [2.05, 4.69) is 11.9 Å². The summed E-state index contributed by atoms with van der Waals surface area (Å²) in [5, 5.41) is 11.8. The molecule has 4 rings (SSSR count). The molecule has 1 fully saturated rings.